The molecule has 0 spiro atoms. The van der Waals surface area contributed by atoms with Crippen LogP contribution in [-0.2, 0) is 9.16 Å². The van der Waals surface area contributed by atoms with Crippen molar-refractivity contribution >= 4 is 14.4 Å². The van der Waals surface area contributed by atoms with Gasteiger partial charge in [0.25, 0.3) is 0 Å². The number of likely N-dealkylation sites (tertiary alicyclic amines) is 1. The highest BCUT2D eigenvalue weighted by Crippen LogP contribution is 2.42. The van der Waals surface area contributed by atoms with Crippen LogP contribution in [0.15, 0.2) is 0 Å². The Balaban J connectivity index is 2.89. The van der Waals surface area contributed by atoms with Crippen molar-refractivity contribution in [1.82, 2.24) is 4.90 Å². The lowest BCUT2D eigenvalue weighted by molar-refractivity contribution is 0.0166. The minimum atomic E-state index is -1.99. The van der Waals surface area contributed by atoms with Crippen LogP contribution in [0.1, 0.15) is 68.7 Å². The van der Waals surface area contributed by atoms with Gasteiger partial charge in [0.05, 0.1) is 25.3 Å². The Labute approximate surface area is 155 Å². The average molecular weight is 374 g/mol. The summed E-state index contributed by atoms with van der Waals surface area (Å²) in [6.07, 6.45) is -0.309. The van der Waals surface area contributed by atoms with Crippen LogP contribution in [-0.4, -0.2) is 55.3 Å². The van der Waals surface area contributed by atoms with Gasteiger partial charge in [0.1, 0.15) is 5.60 Å². The molecule has 1 fully saturated rings. The van der Waals surface area contributed by atoms with Crippen molar-refractivity contribution in [2.24, 2.45) is 0 Å². The fourth-order valence-corrected chi connectivity index (χ4v) is 9.82. The summed E-state index contributed by atoms with van der Waals surface area (Å²) in [5.41, 5.74) is 0.943. The number of aliphatic hydroxyl groups is 1. The maximum Gasteiger partial charge on any atom is 0.410 e. The topological polar surface area (TPSA) is 59.0 Å². The number of rotatable bonds is 6. The summed E-state index contributed by atoms with van der Waals surface area (Å²) in [5, 5.41) is 10.1. The zero-order valence-corrected chi connectivity index (χ0v) is 18.6. The number of β-amino-alcohol motifs (C(OH)–C–C–N with tert-alkyl or cyclic N) is 1. The minimum Gasteiger partial charge on any atom is -0.444 e. The Kier molecular flexibility index (Phi) is 7.54. The van der Waals surface area contributed by atoms with Gasteiger partial charge in [-0.1, -0.05) is 41.5 Å². The largest absolute Gasteiger partial charge is 0.444 e. The number of hydrogen-bond acceptors (Lipinski definition) is 4. The summed E-state index contributed by atoms with van der Waals surface area (Å²) in [5.74, 6) is 0. The standard InChI is InChI=1S/C19H39NO4Si/c1-13(2)25(14(3)4,15(5)6)23-12-16-10-17(21)11-20(16)18(22)24-19(7,8)9/h13-17,21H,10-12H2,1-9H3/t16-,17+/m0/s1. The molecule has 0 saturated carbocycles. The van der Waals surface area contributed by atoms with E-state index >= 15 is 0 Å². The molecule has 1 amide bonds. The highest BCUT2D eigenvalue weighted by Gasteiger charge is 2.46. The zero-order chi connectivity index (χ0) is 19.6. The van der Waals surface area contributed by atoms with Gasteiger partial charge in [-0.25, -0.2) is 4.79 Å². The molecule has 0 radical (unpaired) electrons. The van der Waals surface area contributed by atoms with Crippen molar-refractivity contribution in [2.75, 3.05) is 13.2 Å². The van der Waals surface area contributed by atoms with Gasteiger partial charge in [-0.3, -0.25) is 0 Å². The Hall–Kier alpha value is -0.593. The fourth-order valence-electron chi connectivity index (χ4n) is 4.33. The molecule has 0 aromatic carbocycles. The third-order valence-electron chi connectivity index (χ3n) is 5.25. The molecule has 148 valence electrons. The first kappa shape index (κ1) is 22.4. The van der Waals surface area contributed by atoms with Crippen LogP contribution in [0, 0.1) is 0 Å². The lowest BCUT2D eigenvalue weighted by atomic mass is 10.2. The van der Waals surface area contributed by atoms with E-state index in [0.717, 1.165) is 0 Å². The average Bonchev–Trinajstić information content (AvgIpc) is 2.77. The lowest BCUT2D eigenvalue weighted by Gasteiger charge is -2.43. The van der Waals surface area contributed by atoms with E-state index in [2.05, 4.69) is 41.5 Å². The Bertz CT molecular complexity index is 423. The first-order chi connectivity index (χ1) is 11.3. The molecule has 1 aliphatic rings. The van der Waals surface area contributed by atoms with Gasteiger partial charge >= 0.3 is 6.09 Å². The molecule has 2 atom stereocenters. The molecule has 1 aliphatic heterocycles. The van der Waals surface area contributed by atoms with E-state index in [1.165, 1.54) is 0 Å². The van der Waals surface area contributed by atoms with Crippen molar-refractivity contribution in [3.8, 4) is 0 Å². The molecule has 0 aromatic rings. The van der Waals surface area contributed by atoms with E-state index in [9.17, 15) is 9.90 Å². The van der Waals surface area contributed by atoms with Crippen LogP contribution >= 0.6 is 0 Å². The van der Waals surface area contributed by atoms with Crippen molar-refractivity contribution in [3.05, 3.63) is 0 Å². The van der Waals surface area contributed by atoms with Gasteiger partial charge in [-0.2, -0.15) is 0 Å². The van der Waals surface area contributed by atoms with Crippen molar-refractivity contribution in [3.63, 3.8) is 0 Å². The molecule has 0 unspecified atom stereocenters. The second kappa shape index (κ2) is 8.40. The minimum absolute atomic E-state index is 0.118. The van der Waals surface area contributed by atoms with Gasteiger partial charge in [0.2, 0.25) is 0 Å². The van der Waals surface area contributed by atoms with Crippen molar-refractivity contribution in [2.45, 2.75) is 103 Å². The predicted octanol–water partition coefficient (Wildman–Crippen LogP) is 4.55. The number of carbonyl (C=O) groups excluding carboxylic acids is 1. The summed E-state index contributed by atoms with van der Waals surface area (Å²) in [4.78, 5) is 14.1. The van der Waals surface area contributed by atoms with Gasteiger partial charge < -0.3 is 19.2 Å². The number of aliphatic hydroxyl groups excluding tert-OH is 1. The van der Waals surface area contributed by atoms with Crippen molar-refractivity contribution in [1.29, 1.82) is 0 Å². The number of nitrogens with zero attached hydrogens (tertiary/aromatic N) is 1. The van der Waals surface area contributed by atoms with E-state index in [-0.39, 0.29) is 12.1 Å². The highest BCUT2D eigenvalue weighted by molar-refractivity contribution is 6.77. The van der Waals surface area contributed by atoms with E-state index in [1.807, 2.05) is 20.8 Å². The monoisotopic (exact) mass is 373 g/mol. The molecule has 1 saturated heterocycles. The highest BCUT2D eigenvalue weighted by atomic mass is 28.4. The van der Waals surface area contributed by atoms with Crippen molar-refractivity contribution < 1.29 is 19.1 Å². The van der Waals surface area contributed by atoms with Crippen LogP contribution in [0.25, 0.3) is 0 Å². The molecule has 25 heavy (non-hydrogen) atoms. The van der Waals surface area contributed by atoms with Crippen LogP contribution in [0.5, 0.6) is 0 Å². The smallest absolute Gasteiger partial charge is 0.410 e. The Morgan fingerprint density at radius 2 is 1.60 bits per heavy atom. The first-order valence-electron chi connectivity index (χ1n) is 9.62. The summed E-state index contributed by atoms with van der Waals surface area (Å²) < 4.78 is 12.1. The van der Waals surface area contributed by atoms with Crippen LogP contribution in [0.4, 0.5) is 4.79 Å². The molecule has 0 bridgehead atoms. The summed E-state index contributed by atoms with van der Waals surface area (Å²) in [6.45, 7) is 19.9. The lowest BCUT2D eigenvalue weighted by Crippen LogP contribution is -2.51. The van der Waals surface area contributed by atoms with Gasteiger partial charge in [0, 0.05) is 0 Å². The van der Waals surface area contributed by atoms with E-state index in [0.29, 0.717) is 36.2 Å². The van der Waals surface area contributed by atoms with Gasteiger partial charge in [-0.15, -0.1) is 0 Å². The Morgan fingerprint density at radius 1 is 1.12 bits per heavy atom. The summed E-state index contributed by atoms with van der Waals surface area (Å²) in [7, 11) is -1.99. The van der Waals surface area contributed by atoms with Gasteiger partial charge in [-0.05, 0) is 43.8 Å². The van der Waals surface area contributed by atoms with Crippen LogP contribution in [0.3, 0.4) is 0 Å². The van der Waals surface area contributed by atoms with E-state index < -0.39 is 20.0 Å². The third kappa shape index (κ3) is 5.44. The quantitative estimate of drug-likeness (QED) is 0.694. The summed E-state index contributed by atoms with van der Waals surface area (Å²) in [6, 6.07) is -0.118. The predicted molar refractivity (Wildman–Crippen MR) is 104 cm³/mol. The molecule has 6 heteroatoms. The number of carbonyl (C=O) groups is 1. The molecular formula is C19H39NO4Si. The number of amides is 1. The third-order valence-corrected chi connectivity index (χ3v) is 11.3. The molecular weight excluding hydrogens is 334 g/mol. The molecule has 0 aliphatic carbocycles. The second-order valence-corrected chi connectivity index (χ2v) is 14.8. The zero-order valence-electron chi connectivity index (χ0n) is 17.6. The van der Waals surface area contributed by atoms with Crippen LogP contribution < -0.4 is 0 Å². The van der Waals surface area contributed by atoms with E-state index in [1.54, 1.807) is 4.90 Å². The first-order valence-corrected chi connectivity index (χ1v) is 11.8. The number of hydrogen-bond donors (Lipinski definition) is 1. The van der Waals surface area contributed by atoms with E-state index in [4.69, 9.17) is 9.16 Å². The molecule has 1 heterocycles. The molecule has 0 aromatic heterocycles. The normalized spacial score (nSPS) is 22.4. The molecule has 1 N–H and O–H groups in total. The summed E-state index contributed by atoms with van der Waals surface area (Å²) >= 11 is 0. The SMILES string of the molecule is CC(C)[Si](OC[C@@H]1C[C@@H](O)CN1C(=O)OC(C)(C)C)(C(C)C)C(C)C. The Morgan fingerprint density at radius 3 is 2.00 bits per heavy atom. The molecule has 5 nitrogen and oxygen atoms in total. The number of ether oxygens (including phenoxy) is 1. The van der Waals surface area contributed by atoms with Crippen LogP contribution in [0.2, 0.25) is 16.6 Å². The second-order valence-electron chi connectivity index (χ2n) is 9.30. The molecule has 1 rings (SSSR count). The van der Waals surface area contributed by atoms with Gasteiger partial charge in [0.15, 0.2) is 8.32 Å². The fraction of sp³-hybridized carbons (Fsp3) is 0.947. The maximum absolute atomic E-state index is 12.5. The maximum atomic E-state index is 12.5.